The minimum Gasteiger partial charge on any atom is -0.338 e. The molecule has 0 spiro atoms. The van der Waals surface area contributed by atoms with Gasteiger partial charge in [0, 0.05) is 27.9 Å². The number of amides is 3. The molecule has 4 rings (SSSR count). The summed E-state index contributed by atoms with van der Waals surface area (Å²) in [5.74, 6) is -0.109. The molecule has 0 saturated carbocycles. The predicted octanol–water partition coefficient (Wildman–Crippen LogP) is 5.14. The zero-order chi connectivity index (χ0) is 24.5. The molecule has 4 N–H and O–H groups in total. The molecule has 3 aromatic carbocycles. The fourth-order valence-corrected chi connectivity index (χ4v) is 4.48. The van der Waals surface area contributed by atoms with E-state index in [9.17, 15) is 9.59 Å². The number of carbonyl (C=O) groups is 2. The predicted molar refractivity (Wildman–Crippen MR) is 143 cm³/mol. The van der Waals surface area contributed by atoms with Gasteiger partial charge in [-0.25, -0.2) is 4.79 Å². The van der Waals surface area contributed by atoms with Crippen LogP contribution in [0.2, 0.25) is 5.02 Å². The van der Waals surface area contributed by atoms with Gasteiger partial charge in [-0.1, -0.05) is 35.9 Å². The van der Waals surface area contributed by atoms with Gasteiger partial charge in [0.1, 0.15) is 5.54 Å². The fraction of sp³-hybridized carbons (Fsp3) is 0.160. The van der Waals surface area contributed by atoms with Crippen LogP contribution in [-0.4, -0.2) is 29.8 Å². The molecular weight excluding hydrogens is 565 g/mol. The van der Waals surface area contributed by atoms with Gasteiger partial charge in [0.15, 0.2) is 5.96 Å². The van der Waals surface area contributed by atoms with E-state index in [0.29, 0.717) is 17.3 Å². The third-order valence-corrected chi connectivity index (χ3v) is 6.72. The van der Waals surface area contributed by atoms with Crippen molar-refractivity contribution in [1.29, 1.82) is 5.41 Å². The lowest BCUT2D eigenvalue weighted by atomic mass is 9.88. The molecule has 1 unspecified atom stereocenters. The van der Waals surface area contributed by atoms with Crippen LogP contribution in [0.1, 0.15) is 18.1 Å². The van der Waals surface area contributed by atoms with Crippen molar-refractivity contribution < 1.29 is 9.59 Å². The van der Waals surface area contributed by atoms with Crippen molar-refractivity contribution in [3.8, 4) is 11.1 Å². The van der Waals surface area contributed by atoms with Crippen LogP contribution in [0, 0.1) is 8.98 Å². The van der Waals surface area contributed by atoms with E-state index in [1.165, 1.54) is 4.90 Å². The van der Waals surface area contributed by atoms with Crippen LogP contribution in [0.3, 0.4) is 0 Å². The van der Waals surface area contributed by atoms with Crippen LogP contribution in [-0.2, 0) is 16.9 Å². The Morgan fingerprint density at radius 1 is 1.15 bits per heavy atom. The molecule has 0 aromatic heterocycles. The first-order valence-electron chi connectivity index (χ1n) is 10.5. The second kappa shape index (κ2) is 9.63. The van der Waals surface area contributed by atoms with E-state index in [2.05, 4.69) is 38.5 Å². The maximum absolute atomic E-state index is 12.8. The average molecular weight is 588 g/mol. The summed E-state index contributed by atoms with van der Waals surface area (Å²) < 4.78 is 1.05. The zero-order valence-electron chi connectivity index (χ0n) is 18.6. The lowest BCUT2D eigenvalue weighted by Gasteiger charge is -2.23. The summed E-state index contributed by atoms with van der Waals surface area (Å²) in [6, 6.07) is 20.3. The van der Waals surface area contributed by atoms with Gasteiger partial charge in [-0.05, 0) is 94.2 Å². The largest absolute Gasteiger partial charge is 0.338 e. The Kier molecular flexibility index (Phi) is 6.81. The molecule has 174 valence electrons. The molecule has 0 aliphatic carbocycles. The van der Waals surface area contributed by atoms with E-state index in [1.807, 2.05) is 42.5 Å². The third kappa shape index (κ3) is 4.88. The molecule has 9 heteroatoms. The van der Waals surface area contributed by atoms with E-state index in [4.69, 9.17) is 17.0 Å². The van der Waals surface area contributed by atoms with Crippen LogP contribution >= 0.6 is 34.2 Å². The number of nitrogens with zero attached hydrogens (tertiary/aromatic N) is 1. The van der Waals surface area contributed by atoms with E-state index in [-0.39, 0.29) is 17.9 Å². The van der Waals surface area contributed by atoms with Crippen molar-refractivity contribution in [2.24, 2.45) is 0 Å². The number of rotatable bonds is 5. The summed E-state index contributed by atoms with van der Waals surface area (Å²) in [6.45, 7) is 2.10. The molecule has 1 aliphatic heterocycles. The van der Waals surface area contributed by atoms with Crippen LogP contribution in [0.5, 0.6) is 0 Å². The van der Waals surface area contributed by atoms with E-state index >= 15 is 0 Å². The van der Waals surface area contributed by atoms with Gasteiger partial charge in [-0.3, -0.25) is 15.1 Å². The Hall–Kier alpha value is -3.11. The molecule has 1 fully saturated rings. The number of likely N-dealkylation sites (N-methyl/N-ethyl adjacent to an activating group) is 1. The lowest BCUT2D eigenvalue weighted by Crippen LogP contribution is -2.40. The molecule has 1 aliphatic rings. The number of carbonyl (C=O) groups excluding carboxylic acids is 2. The first kappa shape index (κ1) is 24.0. The Balaban J connectivity index is 1.57. The van der Waals surface area contributed by atoms with Crippen LogP contribution < -0.4 is 16.0 Å². The average Bonchev–Trinajstić information content (AvgIpc) is 3.03. The normalized spacial score (nSPS) is 17.5. The smallest absolute Gasteiger partial charge is 0.319 e. The molecule has 1 atom stereocenters. The number of anilines is 1. The molecule has 34 heavy (non-hydrogen) atoms. The van der Waals surface area contributed by atoms with Crippen molar-refractivity contribution in [3.05, 3.63) is 86.4 Å². The molecule has 3 amide bonds. The lowest BCUT2D eigenvalue weighted by molar-refractivity contribution is -0.129. The quantitative estimate of drug-likeness (QED) is 0.311. The maximum Gasteiger partial charge on any atom is 0.319 e. The summed E-state index contributed by atoms with van der Waals surface area (Å²) in [5, 5.41) is 17.3. The molecule has 3 aromatic rings. The van der Waals surface area contributed by atoms with Gasteiger partial charge < -0.3 is 16.0 Å². The van der Waals surface area contributed by atoms with Gasteiger partial charge in [-0.2, -0.15) is 0 Å². The highest BCUT2D eigenvalue weighted by Crippen LogP contribution is 2.33. The van der Waals surface area contributed by atoms with Crippen LogP contribution in [0.4, 0.5) is 10.5 Å². The van der Waals surface area contributed by atoms with Gasteiger partial charge in [0.2, 0.25) is 0 Å². The highest BCUT2D eigenvalue weighted by Gasteiger charge is 2.45. The second-order valence-electron chi connectivity index (χ2n) is 8.16. The van der Waals surface area contributed by atoms with Gasteiger partial charge in [0.25, 0.3) is 5.91 Å². The van der Waals surface area contributed by atoms with Crippen LogP contribution in [0.15, 0.2) is 66.7 Å². The minimum absolute atomic E-state index is 0.0729. The number of hydrogen-bond acceptors (Lipinski definition) is 3. The van der Waals surface area contributed by atoms with E-state index in [0.717, 1.165) is 25.8 Å². The maximum atomic E-state index is 12.8. The Morgan fingerprint density at radius 3 is 2.56 bits per heavy atom. The SMILES string of the molecule is CN1C(=N)NC(C)(c2cccc(-c3cc(I)ccc3CNC(=O)Nc3ccc(Cl)cc3)c2)C1=O. The third-order valence-electron chi connectivity index (χ3n) is 5.80. The first-order chi connectivity index (χ1) is 16.2. The van der Waals surface area contributed by atoms with Crippen molar-refractivity contribution in [1.82, 2.24) is 15.5 Å². The second-order valence-corrected chi connectivity index (χ2v) is 9.84. The standard InChI is InChI=1S/C25H23ClIN5O2/c1-25(22(33)32(2)23(28)31-25)17-5-3-4-15(12-17)21-13-19(27)9-6-16(21)14-29-24(34)30-20-10-7-18(26)8-11-20/h3-13H,14H2,1-2H3,(H2,28,31)(H2,29,30,34). The molecule has 7 nitrogen and oxygen atoms in total. The Bertz CT molecular complexity index is 1280. The Morgan fingerprint density at radius 2 is 1.88 bits per heavy atom. The summed E-state index contributed by atoms with van der Waals surface area (Å²) in [6.07, 6.45) is 0. The summed E-state index contributed by atoms with van der Waals surface area (Å²) in [7, 11) is 1.59. The van der Waals surface area contributed by atoms with Gasteiger partial charge >= 0.3 is 6.03 Å². The highest BCUT2D eigenvalue weighted by molar-refractivity contribution is 14.1. The number of guanidine groups is 1. The minimum atomic E-state index is -1.01. The Labute approximate surface area is 216 Å². The number of nitrogens with one attached hydrogen (secondary N) is 4. The van der Waals surface area contributed by atoms with Crippen molar-refractivity contribution in [2.75, 3.05) is 12.4 Å². The van der Waals surface area contributed by atoms with Crippen molar-refractivity contribution in [2.45, 2.75) is 19.0 Å². The molecule has 1 saturated heterocycles. The molecule has 1 heterocycles. The zero-order valence-corrected chi connectivity index (χ0v) is 21.5. The number of halogens is 2. The topological polar surface area (TPSA) is 97.3 Å². The number of benzene rings is 3. The molecule has 0 radical (unpaired) electrons. The van der Waals surface area contributed by atoms with Gasteiger partial charge in [-0.15, -0.1) is 0 Å². The summed E-state index contributed by atoms with van der Waals surface area (Å²) in [4.78, 5) is 26.6. The molecule has 0 bridgehead atoms. The first-order valence-corrected chi connectivity index (χ1v) is 12.0. The number of urea groups is 1. The van der Waals surface area contributed by atoms with E-state index in [1.54, 1.807) is 38.2 Å². The van der Waals surface area contributed by atoms with Crippen molar-refractivity contribution >= 4 is 57.8 Å². The van der Waals surface area contributed by atoms with Crippen LogP contribution in [0.25, 0.3) is 11.1 Å². The fourth-order valence-electron chi connectivity index (χ4n) is 3.86. The monoisotopic (exact) mass is 587 g/mol. The van der Waals surface area contributed by atoms with Gasteiger partial charge in [0.05, 0.1) is 0 Å². The summed E-state index contributed by atoms with van der Waals surface area (Å²) in [5.41, 5.74) is 3.21. The summed E-state index contributed by atoms with van der Waals surface area (Å²) >= 11 is 8.15. The number of hydrogen-bond donors (Lipinski definition) is 4. The highest BCUT2D eigenvalue weighted by atomic mass is 127. The molecular formula is C25H23ClIN5O2. The van der Waals surface area contributed by atoms with Crippen molar-refractivity contribution in [3.63, 3.8) is 0 Å². The van der Waals surface area contributed by atoms with E-state index < -0.39 is 5.54 Å².